The highest BCUT2D eigenvalue weighted by Crippen LogP contribution is 2.29. The van der Waals surface area contributed by atoms with E-state index < -0.39 is 0 Å². The summed E-state index contributed by atoms with van der Waals surface area (Å²) in [4.78, 5) is 17.6. The molecular formula is C11H13BrClN3O2. The number of anilines is 1. The van der Waals surface area contributed by atoms with Crippen molar-refractivity contribution < 1.29 is 9.90 Å². The largest absolute Gasteiger partial charge is 0.394 e. The molecular weight excluding hydrogens is 321 g/mol. The number of aliphatic hydroxyl groups excluding tert-OH is 1. The van der Waals surface area contributed by atoms with Gasteiger partial charge in [0.05, 0.1) is 34.0 Å². The molecule has 0 bridgehead atoms. The molecule has 0 radical (unpaired) electrons. The van der Waals surface area contributed by atoms with Crippen LogP contribution in [0.25, 0.3) is 0 Å². The van der Waals surface area contributed by atoms with Gasteiger partial charge in [-0.2, -0.15) is 0 Å². The molecule has 2 N–H and O–H groups in total. The van der Waals surface area contributed by atoms with Crippen molar-refractivity contribution in [1.29, 1.82) is 0 Å². The normalized spacial score (nSPS) is 19.1. The van der Waals surface area contributed by atoms with Crippen LogP contribution in [0.4, 0.5) is 10.5 Å². The molecule has 1 aliphatic heterocycles. The Bertz CT molecular complexity index is 458. The maximum atomic E-state index is 12.0. The van der Waals surface area contributed by atoms with E-state index in [2.05, 4.69) is 26.2 Å². The number of amides is 2. The number of hydrogen-bond donors (Lipinski definition) is 2. The van der Waals surface area contributed by atoms with Crippen molar-refractivity contribution in [2.24, 2.45) is 0 Å². The molecule has 7 heteroatoms. The van der Waals surface area contributed by atoms with Gasteiger partial charge in [0.1, 0.15) is 0 Å². The average Bonchev–Trinajstić information content (AvgIpc) is 2.83. The first-order valence-corrected chi connectivity index (χ1v) is 6.78. The summed E-state index contributed by atoms with van der Waals surface area (Å²) in [6.45, 7) is 0.633. The van der Waals surface area contributed by atoms with Crippen molar-refractivity contribution in [2.45, 2.75) is 18.9 Å². The molecule has 1 aromatic heterocycles. The average molecular weight is 335 g/mol. The number of likely N-dealkylation sites (tertiary alicyclic amines) is 1. The van der Waals surface area contributed by atoms with Gasteiger partial charge >= 0.3 is 6.03 Å². The van der Waals surface area contributed by atoms with E-state index >= 15 is 0 Å². The van der Waals surface area contributed by atoms with Gasteiger partial charge in [-0.3, -0.25) is 4.98 Å². The Balaban J connectivity index is 2.09. The second-order valence-electron chi connectivity index (χ2n) is 4.09. The van der Waals surface area contributed by atoms with Gasteiger partial charge in [-0.1, -0.05) is 11.6 Å². The van der Waals surface area contributed by atoms with Gasteiger partial charge in [0.2, 0.25) is 0 Å². The fourth-order valence-electron chi connectivity index (χ4n) is 1.99. The first-order chi connectivity index (χ1) is 8.63. The van der Waals surface area contributed by atoms with E-state index in [-0.39, 0.29) is 18.7 Å². The lowest BCUT2D eigenvalue weighted by Gasteiger charge is -2.23. The molecule has 0 aliphatic carbocycles. The summed E-state index contributed by atoms with van der Waals surface area (Å²) in [7, 11) is 0. The highest BCUT2D eigenvalue weighted by molar-refractivity contribution is 9.10. The minimum absolute atomic E-state index is 0.0160. The molecule has 2 amide bonds. The van der Waals surface area contributed by atoms with Crippen molar-refractivity contribution in [2.75, 3.05) is 18.5 Å². The molecule has 1 aliphatic rings. The predicted octanol–water partition coefficient (Wildman–Crippen LogP) is 2.49. The van der Waals surface area contributed by atoms with Crippen molar-refractivity contribution in [3.8, 4) is 0 Å². The third kappa shape index (κ3) is 2.76. The summed E-state index contributed by atoms with van der Waals surface area (Å²) in [6.07, 6.45) is 4.79. The molecule has 0 spiro atoms. The van der Waals surface area contributed by atoms with Crippen LogP contribution >= 0.6 is 27.5 Å². The molecule has 0 saturated carbocycles. The van der Waals surface area contributed by atoms with E-state index in [1.54, 1.807) is 11.1 Å². The monoisotopic (exact) mass is 333 g/mol. The quantitative estimate of drug-likeness (QED) is 0.873. The maximum Gasteiger partial charge on any atom is 0.322 e. The number of nitrogens with one attached hydrogen (secondary N) is 1. The minimum atomic E-state index is -0.256. The fourth-order valence-corrected chi connectivity index (χ4v) is 2.46. The lowest BCUT2D eigenvalue weighted by Crippen LogP contribution is -2.40. The van der Waals surface area contributed by atoms with Crippen LogP contribution in [-0.2, 0) is 0 Å². The van der Waals surface area contributed by atoms with Gasteiger partial charge in [-0.05, 0) is 28.8 Å². The molecule has 5 nitrogen and oxygen atoms in total. The van der Waals surface area contributed by atoms with Crippen molar-refractivity contribution in [3.05, 3.63) is 21.9 Å². The van der Waals surface area contributed by atoms with Crippen molar-refractivity contribution >= 4 is 39.2 Å². The molecule has 18 heavy (non-hydrogen) atoms. The van der Waals surface area contributed by atoms with Gasteiger partial charge in [-0.25, -0.2) is 4.79 Å². The van der Waals surface area contributed by atoms with Crippen LogP contribution in [0.1, 0.15) is 12.8 Å². The summed E-state index contributed by atoms with van der Waals surface area (Å²) < 4.78 is 0.627. The Morgan fingerprint density at radius 2 is 2.44 bits per heavy atom. The molecule has 2 rings (SSSR count). The number of aliphatic hydroxyl groups is 1. The predicted molar refractivity (Wildman–Crippen MR) is 72.8 cm³/mol. The van der Waals surface area contributed by atoms with E-state index in [0.29, 0.717) is 21.7 Å². The first kappa shape index (κ1) is 13.6. The van der Waals surface area contributed by atoms with Gasteiger partial charge in [-0.15, -0.1) is 0 Å². The zero-order chi connectivity index (χ0) is 13.1. The number of hydrogen-bond acceptors (Lipinski definition) is 3. The van der Waals surface area contributed by atoms with Crippen molar-refractivity contribution in [3.63, 3.8) is 0 Å². The van der Waals surface area contributed by atoms with Gasteiger partial charge < -0.3 is 15.3 Å². The number of urea groups is 1. The van der Waals surface area contributed by atoms with E-state index in [1.165, 1.54) is 6.20 Å². The fraction of sp³-hybridized carbons (Fsp3) is 0.455. The van der Waals surface area contributed by atoms with Crippen LogP contribution in [-0.4, -0.2) is 40.2 Å². The molecule has 0 aromatic carbocycles. The Morgan fingerprint density at radius 3 is 3.17 bits per heavy atom. The Morgan fingerprint density at radius 1 is 1.67 bits per heavy atom. The summed E-state index contributed by atoms with van der Waals surface area (Å²) in [5.74, 6) is 0. The van der Waals surface area contributed by atoms with E-state index in [4.69, 9.17) is 11.6 Å². The smallest absolute Gasteiger partial charge is 0.322 e. The Labute approximate surface area is 118 Å². The van der Waals surface area contributed by atoms with Crippen LogP contribution < -0.4 is 5.32 Å². The van der Waals surface area contributed by atoms with Crippen LogP contribution in [0.3, 0.4) is 0 Å². The lowest BCUT2D eigenvalue weighted by atomic mass is 10.2. The zero-order valence-electron chi connectivity index (χ0n) is 9.57. The molecule has 98 valence electrons. The van der Waals surface area contributed by atoms with E-state index in [0.717, 1.165) is 12.8 Å². The second-order valence-corrected chi connectivity index (χ2v) is 5.32. The SMILES string of the molecule is O=C(Nc1cncc(Br)c1Cl)N1CCCC1CO. The summed E-state index contributed by atoms with van der Waals surface area (Å²) in [5, 5.41) is 12.3. The van der Waals surface area contributed by atoms with Gasteiger partial charge in [0.15, 0.2) is 0 Å². The van der Waals surface area contributed by atoms with Crippen LogP contribution in [0.15, 0.2) is 16.9 Å². The molecule has 1 aromatic rings. The number of carbonyl (C=O) groups is 1. The summed E-state index contributed by atoms with van der Waals surface area (Å²) in [6, 6.07) is -0.364. The maximum absolute atomic E-state index is 12.0. The topological polar surface area (TPSA) is 65.5 Å². The molecule has 1 fully saturated rings. The van der Waals surface area contributed by atoms with E-state index in [1.807, 2.05) is 0 Å². The van der Waals surface area contributed by atoms with Crippen LogP contribution in [0, 0.1) is 0 Å². The van der Waals surface area contributed by atoms with Crippen molar-refractivity contribution in [1.82, 2.24) is 9.88 Å². The third-order valence-electron chi connectivity index (χ3n) is 2.93. The highest BCUT2D eigenvalue weighted by Gasteiger charge is 2.28. The number of carbonyl (C=O) groups excluding carboxylic acids is 1. The second kappa shape index (κ2) is 5.86. The number of halogens is 2. The molecule has 1 saturated heterocycles. The molecule has 1 unspecified atom stereocenters. The highest BCUT2D eigenvalue weighted by atomic mass is 79.9. The number of nitrogens with zero attached hydrogens (tertiary/aromatic N) is 2. The summed E-state index contributed by atoms with van der Waals surface area (Å²) >= 11 is 9.29. The number of pyridine rings is 1. The zero-order valence-corrected chi connectivity index (χ0v) is 11.9. The van der Waals surface area contributed by atoms with Crippen LogP contribution in [0.5, 0.6) is 0 Å². The molecule has 2 heterocycles. The van der Waals surface area contributed by atoms with Gasteiger partial charge in [0.25, 0.3) is 0 Å². The standard InChI is InChI=1S/C11H13BrClN3O2/c12-8-4-14-5-9(10(8)13)15-11(18)16-3-1-2-7(16)6-17/h4-5,7,17H,1-3,6H2,(H,15,18). The summed E-state index contributed by atoms with van der Waals surface area (Å²) in [5.41, 5.74) is 0.458. The van der Waals surface area contributed by atoms with Gasteiger partial charge in [0, 0.05) is 12.7 Å². The first-order valence-electron chi connectivity index (χ1n) is 5.61. The number of aromatic nitrogens is 1. The third-order valence-corrected chi connectivity index (χ3v) is 4.16. The van der Waals surface area contributed by atoms with E-state index in [9.17, 15) is 9.90 Å². The molecule has 1 atom stereocenters. The lowest BCUT2D eigenvalue weighted by molar-refractivity contribution is 0.166. The Hall–Kier alpha value is -0.850. The number of rotatable bonds is 2. The Kier molecular flexibility index (Phi) is 4.42. The van der Waals surface area contributed by atoms with Crippen LogP contribution in [0.2, 0.25) is 5.02 Å². The minimum Gasteiger partial charge on any atom is -0.394 e.